The second kappa shape index (κ2) is 11.2. The SMILES string of the molecule is COc1cc(/C(C)=N\NC(=O)c2ccc(COc3cccc4cccnc34)cc2)cc(OC)c1OC. The summed E-state index contributed by atoms with van der Waals surface area (Å²) in [6.07, 6.45) is 1.74. The van der Waals surface area contributed by atoms with E-state index >= 15 is 0 Å². The van der Waals surface area contributed by atoms with Gasteiger partial charge in [-0.1, -0.05) is 30.3 Å². The van der Waals surface area contributed by atoms with Gasteiger partial charge in [-0.2, -0.15) is 5.10 Å². The van der Waals surface area contributed by atoms with Gasteiger partial charge in [0.25, 0.3) is 5.91 Å². The molecule has 8 nitrogen and oxygen atoms in total. The van der Waals surface area contributed by atoms with Crippen molar-refractivity contribution in [3.63, 3.8) is 0 Å². The van der Waals surface area contributed by atoms with Crippen LogP contribution in [0.25, 0.3) is 10.9 Å². The lowest BCUT2D eigenvalue weighted by Crippen LogP contribution is -2.19. The van der Waals surface area contributed by atoms with E-state index in [0.717, 1.165) is 22.0 Å². The summed E-state index contributed by atoms with van der Waals surface area (Å²) >= 11 is 0. The molecule has 0 spiro atoms. The second-order valence-corrected chi connectivity index (χ2v) is 7.87. The molecule has 184 valence electrons. The number of ether oxygens (including phenoxy) is 4. The summed E-state index contributed by atoms with van der Waals surface area (Å²) < 4.78 is 22.1. The highest BCUT2D eigenvalue weighted by Gasteiger charge is 2.15. The fourth-order valence-corrected chi connectivity index (χ4v) is 3.66. The van der Waals surface area contributed by atoms with Gasteiger partial charge in [0.2, 0.25) is 5.75 Å². The van der Waals surface area contributed by atoms with E-state index in [4.69, 9.17) is 18.9 Å². The molecule has 0 radical (unpaired) electrons. The van der Waals surface area contributed by atoms with Gasteiger partial charge in [-0.15, -0.1) is 0 Å². The lowest BCUT2D eigenvalue weighted by atomic mass is 10.1. The number of benzene rings is 3. The number of nitrogens with one attached hydrogen (secondary N) is 1. The highest BCUT2D eigenvalue weighted by molar-refractivity contribution is 6.01. The molecule has 3 aromatic carbocycles. The van der Waals surface area contributed by atoms with E-state index in [1.165, 1.54) is 0 Å². The van der Waals surface area contributed by atoms with Gasteiger partial charge in [0, 0.05) is 22.7 Å². The Bertz CT molecular complexity index is 1370. The number of rotatable bonds is 9. The van der Waals surface area contributed by atoms with E-state index in [0.29, 0.717) is 40.9 Å². The third kappa shape index (κ3) is 5.38. The molecule has 0 atom stereocenters. The first-order chi connectivity index (χ1) is 17.5. The van der Waals surface area contributed by atoms with Crippen molar-refractivity contribution in [3.05, 3.63) is 89.6 Å². The van der Waals surface area contributed by atoms with Gasteiger partial charge < -0.3 is 18.9 Å². The van der Waals surface area contributed by atoms with Crippen molar-refractivity contribution in [1.29, 1.82) is 0 Å². The molecule has 0 unspecified atom stereocenters. The number of para-hydroxylation sites is 1. The summed E-state index contributed by atoms with van der Waals surface area (Å²) in [4.78, 5) is 17.0. The van der Waals surface area contributed by atoms with Crippen molar-refractivity contribution in [3.8, 4) is 23.0 Å². The normalized spacial score (nSPS) is 11.2. The molecule has 8 heteroatoms. The highest BCUT2D eigenvalue weighted by atomic mass is 16.5. The Kier molecular flexibility index (Phi) is 7.65. The van der Waals surface area contributed by atoms with Crippen LogP contribution in [-0.2, 0) is 6.61 Å². The Morgan fingerprint density at radius 1 is 0.861 bits per heavy atom. The van der Waals surface area contributed by atoms with Crippen LogP contribution in [0.3, 0.4) is 0 Å². The molecule has 0 bridgehead atoms. The molecule has 0 saturated carbocycles. The largest absolute Gasteiger partial charge is 0.493 e. The maximum Gasteiger partial charge on any atom is 0.271 e. The van der Waals surface area contributed by atoms with Crippen molar-refractivity contribution < 1.29 is 23.7 Å². The summed E-state index contributed by atoms with van der Waals surface area (Å²) in [6.45, 7) is 2.14. The number of hydrogen-bond donors (Lipinski definition) is 1. The molecule has 1 N–H and O–H groups in total. The van der Waals surface area contributed by atoms with E-state index < -0.39 is 0 Å². The molecule has 1 heterocycles. The van der Waals surface area contributed by atoms with Crippen LogP contribution in [0.15, 0.2) is 78.0 Å². The molecule has 1 aromatic heterocycles. The summed E-state index contributed by atoms with van der Waals surface area (Å²) in [7, 11) is 4.63. The average molecular weight is 486 g/mol. The van der Waals surface area contributed by atoms with Gasteiger partial charge in [-0.25, -0.2) is 5.43 Å². The maximum atomic E-state index is 12.6. The molecule has 0 aliphatic heterocycles. The minimum atomic E-state index is -0.326. The van der Waals surface area contributed by atoms with Crippen molar-refractivity contribution in [1.82, 2.24) is 10.4 Å². The first kappa shape index (κ1) is 24.5. The summed E-state index contributed by atoms with van der Waals surface area (Å²) in [5, 5.41) is 5.26. The number of fused-ring (bicyclic) bond motifs is 1. The number of hydrogen-bond acceptors (Lipinski definition) is 7. The Hall–Kier alpha value is -4.59. The van der Waals surface area contributed by atoms with Gasteiger partial charge in [0.15, 0.2) is 11.5 Å². The lowest BCUT2D eigenvalue weighted by molar-refractivity contribution is 0.0954. The third-order valence-corrected chi connectivity index (χ3v) is 5.61. The van der Waals surface area contributed by atoms with Crippen LogP contribution < -0.4 is 24.4 Å². The number of carbonyl (C=O) groups excluding carboxylic acids is 1. The van der Waals surface area contributed by atoms with E-state index in [9.17, 15) is 4.79 Å². The lowest BCUT2D eigenvalue weighted by Gasteiger charge is -2.14. The number of amides is 1. The van der Waals surface area contributed by atoms with E-state index in [2.05, 4.69) is 15.5 Å². The van der Waals surface area contributed by atoms with E-state index in [1.54, 1.807) is 58.7 Å². The molecule has 0 aliphatic rings. The molecule has 0 saturated heterocycles. The number of carbonyl (C=O) groups is 1. The molecule has 0 fully saturated rings. The topological polar surface area (TPSA) is 91.3 Å². The molecular weight excluding hydrogens is 458 g/mol. The second-order valence-electron chi connectivity index (χ2n) is 7.87. The van der Waals surface area contributed by atoms with Gasteiger partial charge in [0.05, 0.1) is 27.0 Å². The highest BCUT2D eigenvalue weighted by Crippen LogP contribution is 2.38. The Labute approximate surface area is 209 Å². The number of nitrogens with zero attached hydrogens (tertiary/aromatic N) is 2. The van der Waals surface area contributed by atoms with Gasteiger partial charge >= 0.3 is 0 Å². The van der Waals surface area contributed by atoms with Crippen molar-refractivity contribution in [2.45, 2.75) is 13.5 Å². The molecule has 4 rings (SSSR count). The van der Waals surface area contributed by atoms with Gasteiger partial charge in [0.1, 0.15) is 17.9 Å². The quantitative estimate of drug-likeness (QED) is 0.265. The third-order valence-electron chi connectivity index (χ3n) is 5.61. The zero-order valence-corrected chi connectivity index (χ0v) is 20.6. The Balaban J connectivity index is 1.41. The molecule has 0 aliphatic carbocycles. The molecule has 4 aromatic rings. The minimum absolute atomic E-state index is 0.326. The minimum Gasteiger partial charge on any atom is -0.493 e. The number of hydrazone groups is 1. The van der Waals surface area contributed by atoms with Crippen molar-refractivity contribution in [2.24, 2.45) is 5.10 Å². The van der Waals surface area contributed by atoms with E-state index in [-0.39, 0.29) is 5.91 Å². The van der Waals surface area contributed by atoms with E-state index in [1.807, 2.05) is 42.5 Å². The summed E-state index contributed by atoms with van der Waals surface area (Å²) in [5.74, 6) is 1.88. The fourth-order valence-electron chi connectivity index (χ4n) is 3.66. The average Bonchev–Trinajstić information content (AvgIpc) is 2.93. The van der Waals surface area contributed by atoms with Crippen LogP contribution >= 0.6 is 0 Å². The zero-order valence-electron chi connectivity index (χ0n) is 20.6. The zero-order chi connectivity index (χ0) is 25.5. The van der Waals surface area contributed by atoms with Gasteiger partial charge in [-0.05, 0) is 48.9 Å². The number of pyridine rings is 1. The first-order valence-electron chi connectivity index (χ1n) is 11.2. The monoisotopic (exact) mass is 485 g/mol. The van der Waals surface area contributed by atoms with Crippen molar-refractivity contribution >= 4 is 22.5 Å². The maximum absolute atomic E-state index is 12.6. The Morgan fingerprint density at radius 2 is 1.56 bits per heavy atom. The van der Waals surface area contributed by atoms with Crippen LogP contribution in [0.2, 0.25) is 0 Å². The summed E-state index contributed by atoms with van der Waals surface area (Å²) in [6, 6.07) is 20.4. The molecule has 1 amide bonds. The number of methoxy groups -OCH3 is 3. The smallest absolute Gasteiger partial charge is 0.271 e. The van der Waals surface area contributed by atoms with Crippen LogP contribution in [0, 0.1) is 0 Å². The predicted molar refractivity (Wildman–Crippen MR) is 138 cm³/mol. The van der Waals surface area contributed by atoms with Crippen LogP contribution in [0.5, 0.6) is 23.0 Å². The number of aromatic nitrogens is 1. The van der Waals surface area contributed by atoms with Crippen LogP contribution in [0.4, 0.5) is 0 Å². The Morgan fingerprint density at radius 3 is 2.22 bits per heavy atom. The molecule has 36 heavy (non-hydrogen) atoms. The van der Waals surface area contributed by atoms with Gasteiger partial charge in [-0.3, -0.25) is 9.78 Å². The summed E-state index contributed by atoms with van der Waals surface area (Å²) in [5.41, 5.74) is 6.12. The first-order valence-corrected chi connectivity index (χ1v) is 11.2. The fraction of sp³-hybridized carbons (Fsp3) is 0.179. The molecular formula is C28H27N3O5. The van der Waals surface area contributed by atoms with Crippen LogP contribution in [-0.4, -0.2) is 37.9 Å². The van der Waals surface area contributed by atoms with Crippen molar-refractivity contribution in [2.75, 3.05) is 21.3 Å². The predicted octanol–water partition coefficient (Wildman–Crippen LogP) is 4.99. The standard InChI is InChI=1S/C28H27N3O5/c1-18(22-15-24(33-2)27(35-4)25(16-22)34-3)30-31-28(32)21-12-10-19(11-13-21)17-36-23-9-5-7-20-8-6-14-29-26(20)23/h5-16H,17H2,1-4H3,(H,31,32)/b30-18-. The van der Waals surface area contributed by atoms with Crippen LogP contribution in [0.1, 0.15) is 28.4 Å².